The number of aryl methyl sites for hydroxylation is 1. The van der Waals surface area contributed by atoms with Crippen molar-refractivity contribution in [1.29, 1.82) is 0 Å². The van der Waals surface area contributed by atoms with E-state index in [4.69, 9.17) is 19.4 Å². The molecule has 2 radical (unpaired) electrons. The van der Waals surface area contributed by atoms with Gasteiger partial charge in [0.1, 0.15) is 19.5 Å². The van der Waals surface area contributed by atoms with E-state index in [1.165, 1.54) is 16.4 Å². The number of rotatable bonds is 6. The number of piperidine rings is 1. The number of aromatic nitrogens is 3. The van der Waals surface area contributed by atoms with Gasteiger partial charge in [-0.1, -0.05) is 35.9 Å². The quantitative estimate of drug-likeness (QED) is 0.389. The average molecular weight is 524 g/mol. The smallest absolute Gasteiger partial charge is 0.243 e. The van der Waals surface area contributed by atoms with Gasteiger partial charge in [0, 0.05) is 42.5 Å². The second-order valence-corrected chi connectivity index (χ2v) is 11.3. The Labute approximate surface area is 215 Å². The lowest BCUT2D eigenvalue weighted by Gasteiger charge is -2.32. The lowest BCUT2D eigenvalue weighted by atomic mass is 9.99. The predicted molar refractivity (Wildman–Crippen MR) is 140 cm³/mol. The van der Waals surface area contributed by atoms with Crippen molar-refractivity contribution < 1.29 is 12.8 Å². The van der Waals surface area contributed by atoms with Gasteiger partial charge in [0.25, 0.3) is 0 Å². The van der Waals surface area contributed by atoms with Crippen molar-refractivity contribution in [3.05, 3.63) is 71.1 Å². The molecule has 0 spiro atoms. The average Bonchev–Trinajstić information content (AvgIpc) is 3.25. The molecule has 2 aromatic heterocycles. The summed E-state index contributed by atoms with van der Waals surface area (Å²) in [5, 5.41) is 8.32. The van der Waals surface area contributed by atoms with Crippen LogP contribution < -0.4 is 10.8 Å². The van der Waals surface area contributed by atoms with Crippen molar-refractivity contribution in [2.24, 2.45) is 5.92 Å². The molecule has 1 aliphatic heterocycles. The Balaban J connectivity index is 1.39. The third kappa shape index (κ3) is 4.72. The minimum Gasteiger partial charge on any atom is -0.370 e. The topological polar surface area (TPSA) is 79.6 Å². The Morgan fingerprint density at radius 1 is 1.22 bits per heavy atom. The normalized spacial score (nSPS) is 16.9. The van der Waals surface area contributed by atoms with Crippen LogP contribution in [0.25, 0.3) is 16.9 Å². The molecule has 36 heavy (non-hydrogen) atoms. The fourth-order valence-corrected chi connectivity index (χ4v) is 6.59. The van der Waals surface area contributed by atoms with Crippen molar-refractivity contribution in [3.8, 4) is 11.3 Å². The summed E-state index contributed by atoms with van der Waals surface area (Å²) in [7, 11) is 2.30. The molecule has 0 saturated carbocycles. The maximum absolute atomic E-state index is 13.8. The minimum absolute atomic E-state index is 0.0170. The lowest BCUT2D eigenvalue weighted by molar-refractivity contribution is 0.275. The highest BCUT2D eigenvalue weighted by Crippen LogP contribution is 2.29. The molecule has 1 aliphatic rings. The van der Waals surface area contributed by atoms with Crippen LogP contribution >= 0.6 is 11.6 Å². The van der Waals surface area contributed by atoms with E-state index in [-0.39, 0.29) is 10.8 Å². The number of nitrogens with one attached hydrogen (secondary N) is 1. The van der Waals surface area contributed by atoms with Gasteiger partial charge in [-0.25, -0.2) is 17.8 Å². The maximum atomic E-state index is 13.8. The van der Waals surface area contributed by atoms with Crippen LogP contribution in [-0.2, 0) is 10.0 Å². The maximum Gasteiger partial charge on any atom is 0.243 e. The molecule has 2 aromatic carbocycles. The van der Waals surface area contributed by atoms with E-state index in [2.05, 4.69) is 15.4 Å². The van der Waals surface area contributed by atoms with E-state index in [0.29, 0.717) is 59.3 Å². The highest BCUT2D eigenvalue weighted by atomic mass is 35.5. The Morgan fingerprint density at radius 2 is 2.03 bits per heavy atom. The van der Waals surface area contributed by atoms with Gasteiger partial charge in [0.15, 0.2) is 5.65 Å². The molecular weight excluding hydrogens is 500 g/mol. The standard InChI is InChI=1S/C25H24BClFN5O2S/c1-16-8-9-18(28)11-23(16)36(34,35)32-10-4-5-17(15-32)13-29-24-12-22(19-6-2-3-7-21(19)27)31-25-20(26)14-30-33(24)25/h2-3,6-9,11-12,14,17,29H,4-5,10,13,15H2,1H3. The number of nitrogens with zero attached hydrogens (tertiary/aromatic N) is 4. The van der Waals surface area contributed by atoms with Crippen LogP contribution in [0.2, 0.25) is 5.02 Å². The Morgan fingerprint density at radius 3 is 2.83 bits per heavy atom. The number of anilines is 1. The van der Waals surface area contributed by atoms with Crippen molar-refractivity contribution in [2.75, 3.05) is 25.0 Å². The highest BCUT2D eigenvalue weighted by Gasteiger charge is 2.31. The van der Waals surface area contributed by atoms with Crippen LogP contribution in [0.4, 0.5) is 10.2 Å². The third-order valence-electron chi connectivity index (χ3n) is 6.47. The van der Waals surface area contributed by atoms with Crippen LogP contribution in [0, 0.1) is 18.7 Å². The molecule has 0 amide bonds. The summed E-state index contributed by atoms with van der Waals surface area (Å²) < 4.78 is 43.5. The van der Waals surface area contributed by atoms with Crippen LogP contribution in [0.5, 0.6) is 0 Å². The molecule has 3 heterocycles. The molecule has 1 fully saturated rings. The van der Waals surface area contributed by atoms with Gasteiger partial charge in [-0.05, 0) is 54.9 Å². The molecule has 5 rings (SSSR count). The zero-order chi connectivity index (χ0) is 25.4. The van der Waals surface area contributed by atoms with Crippen molar-refractivity contribution >= 4 is 46.4 Å². The fraction of sp³-hybridized carbons (Fsp3) is 0.280. The fourth-order valence-electron chi connectivity index (χ4n) is 4.56. The molecule has 1 saturated heterocycles. The van der Waals surface area contributed by atoms with Crippen LogP contribution in [-0.4, -0.2) is 54.8 Å². The summed E-state index contributed by atoms with van der Waals surface area (Å²) in [5.74, 6) is 0.152. The van der Waals surface area contributed by atoms with E-state index in [1.807, 2.05) is 24.3 Å². The molecule has 0 aliphatic carbocycles. The Kier molecular flexibility index (Phi) is 6.76. The summed E-state index contributed by atoms with van der Waals surface area (Å²) in [5.41, 5.74) is 2.89. The van der Waals surface area contributed by atoms with Crippen LogP contribution in [0.15, 0.2) is 59.6 Å². The number of hydrogen-bond donors (Lipinski definition) is 1. The number of hydrogen-bond acceptors (Lipinski definition) is 5. The van der Waals surface area contributed by atoms with Crippen LogP contribution in [0.1, 0.15) is 18.4 Å². The number of sulfonamides is 1. The predicted octanol–water partition coefficient (Wildman–Crippen LogP) is 3.80. The molecule has 0 bridgehead atoms. The molecular formula is C25H24BClFN5O2S. The zero-order valence-electron chi connectivity index (χ0n) is 19.7. The monoisotopic (exact) mass is 523 g/mol. The zero-order valence-corrected chi connectivity index (χ0v) is 21.2. The summed E-state index contributed by atoms with van der Waals surface area (Å²) in [6, 6.07) is 13.1. The van der Waals surface area contributed by atoms with Crippen LogP contribution in [0.3, 0.4) is 0 Å². The number of benzene rings is 2. The molecule has 1 N–H and O–H groups in total. The summed E-state index contributed by atoms with van der Waals surface area (Å²) in [6.07, 6.45) is 3.11. The van der Waals surface area contributed by atoms with E-state index in [9.17, 15) is 12.8 Å². The number of fused-ring (bicyclic) bond motifs is 1. The van der Waals surface area contributed by atoms with Crippen molar-refractivity contribution in [2.45, 2.75) is 24.7 Å². The second-order valence-electron chi connectivity index (χ2n) is 9.00. The third-order valence-corrected chi connectivity index (χ3v) is 8.81. The summed E-state index contributed by atoms with van der Waals surface area (Å²) in [4.78, 5) is 4.66. The first kappa shape index (κ1) is 24.7. The molecule has 7 nitrogen and oxygen atoms in total. The van der Waals surface area contributed by atoms with Crippen molar-refractivity contribution in [1.82, 2.24) is 18.9 Å². The second kappa shape index (κ2) is 9.84. The minimum atomic E-state index is -3.80. The van der Waals surface area contributed by atoms with E-state index >= 15 is 0 Å². The van der Waals surface area contributed by atoms with Gasteiger partial charge < -0.3 is 5.32 Å². The Hall–Kier alpha value is -2.95. The first-order valence-corrected chi connectivity index (χ1v) is 13.4. The lowest BCUT2D eigenvalue weighted by Crippen LogP contribution is -2.42. The first-order valence-electron chi connectivity index (χ1n) is 11.6. The van der Waals surface area contributed by atoms with Gasteiger partial charge in [0.05, 0.1) is 10.6 Å². The van der Waals surface area contributed by atoms with Gasteiger partial charge in [-0.2, -0.15) is 13.9 Å². The summed E-state index contributed by atoms with van der Waals surface area (Å²) >= 11 is 6.40. The molecule has 1 atom stereocenters. The highest BCUT2D eigenvalue weighted by molar-refractivity contribution is 7.89. The van der Waals surface area contributed by atoms with Gasteiger partial charge in [-0.3, -0.25) is 0 Å². The SMILES string of the molecule is [B]c1cnn2c(NCC3CCCN(S(=O)(=O)c4cc(F)ccc4C)C3)cc(-c3ccccc3Cl)nc12. The van der Waals surface area contributed by atoms with Gasteiger partial charge >= 0.3 is 0 Å². The van der Waals surface area contributed by atoms with Gasteiger partial charge in [-0.15, -0.1) is 0 Å². The number of halogens is 2. The largest absolute Gasteiger partial charge is 0.370 e. The van der Waals surface area contributed by atoms with Gasteiger partial charge in [0.2, 0.25) is 10.0 Å². The summed E-state index contributed by atoms with van der Waals surface area (Å²) in [6.45, 7) is 2.92. The van der Waals surface area contributed by atoms with E-state index in [0.717, 1.165) is 18.1 Å². The van der Waals surface area contributed by atoms with E-state index < -0.39 is 15.8 Å². The van der Waals surface area contributed by atoms with Crippen molar-refractivity contribution in [3.63, 3.8) is 0 Å². The molecule has 4 aromatic rings. The molecule has 11 heteroatoms. The Bertz CT molecular complexity index is 1540. The first-order chi connectivity index (χ1) is 17.2. The van der Waals surface area contributed by atoms with E-state index in [1.54, 1.807) is 23.7 Å². The molecule has 1 unspecified atom stereocenters. The molecule has 184 valence electrons.